The van der Waals surface area contributed by atoms with Crippen LogP contribution < -0.4 is 10.6 Å². The zero-order valence-electron chi connectivity index (χ0n) is 19.0. The van der Waals surface area contributed by atoms with Gasteiger partial charge < -0.3 is 19.8 Å². The van der Waals surface area contributed by atoms with E-state index in [1.807, 2.05) is 0 Å². The first-order valence-electron chi connectivity index (χ1n) is 11.3. The monoisotopic (exact) mass is 473 g/mol. The van der Waals surface area contributed by atoms with E-state index in [1.54, 1.807) is 37.3 Å². The van der Waals surface area contributed by atoms with E-state index in [0.717, 1.165) is 18.4 Å². The van der Waals surface area contributed by atoms with Crippen molar-refractivity contribution in [2.75, 3.05) is 23.8 Å². The van der Waals surface area contributed by atoms with E-state index in [0.29, 0.717) is 18.0 Å². The molecule has 0 saturated carbocycles. The van der Waals surface area contributed by atoms with E-state index >= 15 is 0 Å². The number of nitrogens with one attached hydrogen (secondary N) is 2. The number of fused-ring (bicyclic) bond motifs is 1. The third-order valence-corrected chi connectivity index (χ3v) is 6.12. The zero-order chi connectivity index (χ0) is 24.5. The van der Waals surface area contributed by atoms with Gasteiger partial charge in [0.15, 0.2) is 5.76 Å². The van der Waals surface area contributed by atoms with Crippen molar-refractivity contribution >= 4 is 35.0 Å². The first-order chi connectivity index (χ1) is 16.9. The van der Waals surface area contributed by atoms with Crippen molar-refractivity contribution in [2.24, 2.45) is 0 Å². The summed E-state index contributed by atoms with van der Waals surface area (Å²) in [5.74, 6) is -1.38. The van der Waals surface area contributed by atoms with Crippen LogP contribution in [0.1, 0.15) is 60.0 Å². The second-order valence-corrected chi connectivity index (χ2v) is 8.53. The van der Waals surface area contributed by atoms with Crippen LogP contribution in [-0.2, 0) is 4.74 Å². The van der Waals surface area contributed by atoms with Crippen LogP contribution in [0.5, 0.6) is 0 Å². The summed E-state index contributed by atoms with van der Waals surface area (Å²) >= 11 is 0. The molecule has 2 aromatic carbocycles. The Hall–Kier alpha value is -4.24. The van der Waals surface area contributed by atoms with Crippen LogP contribution >= 0.6 is 0 Å². The molecule has 5 rings (SSSR count). The molecule has 2 N–H and O–H groups in total. The fraction of sp³-hybridized carbons (Fsp3) is 0.231. The van der Waals surface area contributed by atoms with Gasteiger partial charge in [-0.2, -0.15) is 0 Å². The molecule has 3 aromatic rings. The highest BCUT2D eigenvalue weighted by Gasteiger charge is 2.38. The van der Waals surface area contributed by atoms with Gasteiger partial charge in [-0.3, -0.25) is 24.1 Å². The third-order valence-electron chi connectivity index (χ3n) is 6.12. The summed E-state index contributed by atoms with van der Waals surface area (Å²) in [5, 5.41) is 5.56. The van der Waals surface area contributed by atoms with Crippen molar-refractivity contribution in [1.29, 1.82) is 0 Å². The normalized spacial score (nSPS) is 16.9. The molecule has 1 aromatic heterocycles. The average Bonchev–Trinajstić information content (AvgIpc) is 3.61. The predicted octanol–water partition coefficient (Wildman–Crippen LogP) is 3.87. The minimum absolute atomic E-state index is 0.143. The van der Waals surface area contributed by atoms with E-state index in [9.17, 15) is 19.2 Å². The summed E-state index contributed by atoms with van der Waals surface area (Å²) < 4.78 is 10.7. The maximum atomic E-state index is 12.9. The Balaban J connectivity index is 1.27. The predicted molar refractivity (Wildman–Crippen MR) is 127 cm³/mol. The van der Waals surface area contributed by atoms with Crippen LogP contribution in [0.2, 0.25) is 0 Å². The van der Waals surface area contributed by atoms with Crippen molar-refractivity contribution in [1.82, 2.24) is 4.90 Å². The second kappa shape index (κ2) is 9.19. The fourth-order valence-electron chi connectivity index (χ4n) is 4.27. The Morgan fingerprint density at radius 2 is 1.83 bits per heavy atom. The van der Waals surface area contributed by atoms with Gasteiger partial charge in [0.1, 0.15) is 0 Å². The molecule has 0 radical (unpaired) electrons. The molecular weight excluding hydrogens is 450 g/mol. The molecule has 1 saturated heterocycles. The van der Waals surface area contributed by atoms with Gasteiger partial charge in [-0.15, -0.1) is 0 Å². The number of ether oxygens (including phenoxy) is 1. The zero-order valence-corrected chi connectivity index (χ0v) is 19.0. The van der Waals surface area contributed by atoms with Gasteiger partial charge in [0, 0.05) is 23.5 Å². The van der Waals surface area contributed by atoms with Crippen LogP contribution in [0, 0.1) is 6.92 Å². The molecule has 1 unspecified atom stereocenters. The Morgan fingerprint density at radius 3 is 2.54 bits per heavy atom. The molecular formula is C26H23N3O6. The molecule has 178 valence electrons. The minimum atomic E-state index is -0.419. The molecule has 0 bridgehead atoms. The van der Waals surface area contributed by atoms with Crippen LogP contribution in [0.4, 0.5) is 11.4 Å². The summed E-state index contributed by atoms with van der Waals surface area (Å²) in [6.07, 6.45) is 3.00. The summed E-state index contributed by atoms with van der Waals surface area (Å²) in [5.41, 5.74) is 2.60. The van der Waals surface area contributed by atoms with Gasteiger partial charge in [-0.1, -0.05) is 0 Å². The lowest BCUT2D eigenvalue weighted by Crippen LogP contribution is -2.36. The Bertz CT molecular complexity index is 1320. The molecule has 9 heteroatoms. The van der Waals surface area contributed by atoms with Gasteiger partial charge >= 0.3 is 0 Å². The van der Waals surface area contributed by atoms with Crippen LogP contribution in [0.15, 0.2) is 59.2 Å². The number of furan rings is 1. The van der Waals surface area contributed by atoms with Crippen molar-refractivity contribution in [2.45, 2.75) is 25.9 Å². The number of nitrogens with zero attached hydrogens (tertiary/aromatic N) is 1. The summed E-state index contributed by atoms with van der Waals surface area (Å²) in [7, 11) is 0. The number of carbonyl (C=O) groups is 4. The number of carbonyl (C=O) groups excluding carboxylic acids is 4. The highest BCUT2D eigenvalue weighted by molar-refractivity contribution is 6.22. The fourth-order valence-corrected chi connectivity index (χ4v) is 4.27. The van der Waals surface area contributed by atoms with Gasteiger partial charge in [0.05, 0.1) is 30.0 Å². The van der Waals surface area contributed by atoms with Crippen molar-refractivity contribution in [3.63, 3.8) is 0 Å². The maximum absolute atomic E-state index is 12.9. The molecule has 0 aliphatic carbocycles. The van der Waals surface area contributed by atoms with Gasteiger partial charge in [-0.05, 0) is 73.9 Å². The number of anilines is 2. The second-order valence-electron chi connectivity index (χ2n) is 8.53. The lowest BCUT2D eigenvalue weighted by atomic mass is 10.1. The van der Waals surface area contributed by atoms with Gasteiger partial charge in [0.25, 0.3) is 23.6 Å². The number of benzene rings is 2. The van der Waals surface area contributed by atoms with E-state index in [1.165, 1.54) is 29.4 Å². The number of rotatable bonds is 6. The lowest BCUT2D eigenvalue weighted by molar-refractivity contribution is 0.0475. The number of imide groups is 1. The largest absolute Gasteiger partial charge is 0.459 e. The van der Waals surface area contributed by atoms with E-state index < -0.39 is 11.8 Å². The minimum Gasteiger partial charge on any atom is -0.459 e. The first kappa shape index (κ1) is 22.5. The SMILES string of the molecule is Cc1cc(NC(=O)c2ccc3c(c2)C(=O)N(CC2CCCO2)C3=O)ccc1NC(=O)c1ccco1. The molecule has 1 atom stereocenters. The highest BCUT2D eigenvalue weighted by atomic mass is 16.5. The quantitative estimate of drug-likeness (QED) is 0.525. The molecule has 4 amide bonds. The number of amides is 4. The molecule has 3 heterocycles. The Morgan fingerprint density at radius 1 is 1.00 bits per heavy atom. The summed E-state index contributed by atoms with van der Waals surface area (Å²) in [6.45, 7) is 2.65. The van der Waals surface area contributed by atoms with Crippen LogP contribution in [0.25, 0.3) is 0 Å². The van der Waals surface area contributed by atoms with Crippen molar-refractivity contribution < 1.29 is 28.3 Å². The van der Waals surface area contributed by atoms with Gasteiger partial charge in [0.2, 0.25) is 0 Å². The average molecular weight is 473 g/mol. The van der Waals surface area contributed by atoms with E-state index in [-0.39, 0.29) is 46.9 Å². The Kier molecular flexibility index (Phi) is 5.92. The first-order valence-corrected chi connectivity index (χ1v) is 11.3. The molecule has 9 nitrogen and oxygen atoms in total. The smallest absolute Gasteiger partial charge is 0.291 e. The highest BCUT2D eigenvalue weighted by Crippen LogP contribution is 2.27. The summed E-state index contributed by atoms with van der Waals surface area (Å²) in [6, 6.07) is 12.7. The summed E-state index contributed by atoms with van der Waals surface area (Å²) in [4.78, 5) is 51.8. The molecule has 1 fully saturated rings. The van der Waals surface area contributed by atoms with Crippen LogP contribution in [-0.4, -0.2) is 47.8 Å². The molecule has 0 spiro atoms. The van der Waals surface area contributed by atoms with E-state index in [2.05, 4.69) is 10.6 Å². The molecule has 35 heavy (non-hydrogen) atoms. The molecule has 2 aliphatic rings. The maximum Gasteiger partial charge on any atom is 0.291 e. The van der Waals surface area contributed by atoms with Crippen molar-refractivity contribution in [3.8, 4) is 0 Å². The Labute approximate surface area is 201 Å². The standard InChI is InChI=1S/C26H23N3O6/c1-15-12-17(7-9-21(15)28-24(31)22-5-3-11-35-22)27-23(30)16-6-8-19-20(13-16)26(33)29(25(19)32)14-18-4-2-10-34-18/h3,5-9,11-13,18H,2,4,10,14H2,1H3,(H,27,30)(H,28,31). The lowest BCUT2D eigenvalue weighted by Gasteiger charge is -2.17. The third kappa shape index (κ3) is 4.45. The number of hydrogen-bond donors (Lipinski definition) is 2. The van der Waals surface area contributed by atoms with Crippen LogP contribution in [0.3, 0.4) is 0 Å². The van der Waals surface area contributed by atoms with E-state index in [4.69, 9.17) is 9.15 Å². The number of hydrogen-bond acceptors (Lipinski definition) is 6. The van der Waals surface area contributed by atoms with Gasteiger partial charge in [-0.25, -0.2) is 0 Å². The number of aryl methyl sites for hydroxylation is 1. The topological polar surface area (TPSA) is 118 Å². The molecule has 2 aliphatic heterocycles. The van der Waals surface area contributed by atoms with Crippen molar-refractivity contribution in [3.05, 3.63) is 82.8 Å².